The second kappa shape index (κ2) is 6.38. The normalized spacial score (nSPS) is 34.4. The van der Waals surface area contributed by atoms with E-state index in [9.17, 15) is 15.0 Å². The summed E-state index contributed by atoms with van der Waals surface area (Å²) in [7, 11) is 0. The molecule has 3 rings (SSSR count). The molecule has 0 radical (unpaired) electrons. The highest BCUT2D eigenvalue weighted by Gasteiger charge is 2.53. The van der Waals surface area contributed by atoms with Crippen molar-refractivity contribution in [2.45, 2.75) is 12.8 Å². The van der Waals surface area contributed by atoms with E-state index in [-0.39, 0.29) is 36.9 Å². The molecule has 122 valence electrons. The van der Waals surface area contributed by atoms with Gasteiger partial charge in [0.25, 0.3) is 0 Å². The van der Waals surface area contributed by atoms with Crippen LogP contribution in [0, 0.1) is 16.7 Å². The van der Waals surface area contributed by atoms with Gasteiger partial charge in [-0.1, -0.05) is 0 Å². The second-order valence-electron chi connectivity index (χ2n) is 6.58. The fourth-order valence-corrected chi connectivity index (χ4v) is 3.94. The highest BCUT2D eigenvalue weighted by molar-refractivity contribution is 5.85. The molecule has 2 unspecified atom stereocenters. The molecule has 3 heterocycles. The van der Waals surface area contributed by atoms with Crippen LogP contribution >= 0.6 is 12.4 Å². The summed E-state index contributed by atoms with van der Waals surface area (Å²) >= 11 is 0. The van der Waals surface area contributed by atoms with Crippen LogP contribution in [0.25, 0.3) is 0 Å². The summed E-state index contributed by atoms with van der Waals surface area (Å²) in [6, 6.07) is 0. The summed E-state index contributed by atoms with van der Waals surface area (Å²) in [6.45, 7) is 4.00. The molecule has 3 saturated heterocycles. The molecule has 0 aromatic rings. The maximum atomic E-state index is 12.9. The fourth-order valence-electron chi connectivity index (χ4n) is 3.94. The van der Waals surface area contributed by atoms with Crippen LogP contribution in [0.5, 0.6) is 0 Å². The first-order valence-electron chi connectivity index (χ1n) is 7.45. The minimum absolute atomic E-state index is 0. The Bertz CT molecular complexity index is 389. The van der Waals surface area contributed by atoms with Crippen molar-refractivity contribution in [1.29, 1.82) is 0 Å². The number of aliphatic hydroxyl groups excluding tert-OH is 2. The first kappa shape index (κ1) is 17.0. The van der Waals surface area contributed by atoms with Crippen LogP contribution < -0.4 is 5.32 Å². The molecule has 0 bridgehead atoms. The van der Waals surface area contributed by atoms with E-state index in [0.717, 1.165) is 13.1 Å². The maximum Gasteiger partial charge on any atom is 0.231 e. The first-order valence-corrected chi connectivity index (χ1v) is 7.45. The predicted molar refractivity (Wildman–Crippen MR) is 79.3 cm³/mol. The molecule has 3 fully saturated rings. The molecule has 3 N–H and O–H groups in total. The van der Waals surface area contributed by atoms with E-state index >= 15 is 0 Å². The standard InChI is InChI=1S/C14H24N2O4.ClH/c17-9-13(1-3-20-4-2-13)12(19)16-6-11-5-15-7-14(11,8-16)10-18;/h11,15,17-18H,1-10H2;1H. The van der Waals surface area contributed by atoms with E-state index in [1.54, 1.807) is 0 Å². The minimum Gasteiger partial charge on any atom is -0.396 e. The van der Waals surface area contributed by atoms with Crippen LogP contribution in [0.1, 0.15) is 12.8 Å². The lowest BCUT2D eigenvalue weighted by atomic mass is 9.79. The van der Waals surface area contributed by atoms with E-state index in [2.05, 4.69) is 5.32 Å². The van der Waals surface area contributed by atoms with Gasteiger partial charge in [-0.15, -0.1) is 12.4 Å². The fraction of sp³-hybridized carbons (Fsp3) is 0.929. The summed E-state index contributed by atoms with van der Waals surface area (Å²) < 4.78 is 5.32. The van der Waals surface area contributed by atoms with E-state index in [1.165, 1.54) is 0 Å². The topological polar surface area (TPSA) is 82.0 Å². The number of hydrogen-bond donors (Lipinski definition) is 3. The average Bonchev–Trinajstić information content (AvgIpc) is 3.04. The third-order valence-electron chi connectivity index (χ3n) is 5.49. The quantitative estimate of drug-likeness (QED) is 0.637. The average molecular weight is 321 g/mol. The summed E-state index contributed by atoms with van der Waals surface area (Å²) in [6.07, 6.45) is 1.18. The third kappa shape index (κ3) is 2.68. The Morgan fingerprint density at radius 2 is 2.00 bits per heavy atom. The van der Waals surface area contributed by atoms with Crippen LogP contribution in [0.15, 0.2) is 0 Å². The number of nitrogens with one attached hydrogen (secondary N) is 1. The lowest BCUT2D eigenvalue weighted by Crippen LogP contribution is -2.49. The Hall–Kier alpha value is -0.400. The van der Waals surface area contributed by atoms with Crippen molar-refractivity contribution in [1.82, 2.24) is 10.2 Å². The van der Waals surface area contributed by atoms with Crippen molar-refractivity contribution in [3.8, 4) is 0 Å². The van der Waals surface area contributed by atoms with Crippen molar-refractivity contribution in [3.05, 3.63) is 0 Å². The van der Waals surface area contributed by atoms with Crippen molar-refractivity contribution >= 4 is 18.3 Å². The van der Waals surface area contributed by atoms with E-state index in [0.29, 0.717) is 45.1 Å². The molecule has 2 atom stereocenters. The highest BCUT2D eigenvalue weighted by atomic mass is 35.5. The van der Waals surface area contributed by atoms with Gasteiger partial charge < -0.3 is 25.2 Å². The molecular weight excluding hydrogens is 296 g/mol. The van der Waals surface area contributed by atoms with Gasteiger partial charge in [0.2, 0.25) is 5.91 Å². The lowest BCUT2D eigenvalue weighted by molar-refractivity contribution is -0.151. The second-order valence-corrected chi connectivity index (χ2v) is 6.58. The smallest absolute Gasteiger partial charge is 0.231 e. The zero-order valence-corrected chi connectivity index (χ0v) is 13.0. The molecule has 0 aromatic carbocycles. The van der Waals surface area contributed by atoms with Gasteiger partial charge in [-0.3, -0.25) is 4.79 Å². The molecule has 0 saturated carbocycles. The molecule has 0 aliphatic carbocycles. The number of fused-ring (bicyclic) bond motifs is 1. The molecule has 6 nitrogen and oxygen atoms in total. The zero-order valence-electron chi connectivity index (χ0n) is 12.2. The lowest BCUT2D eigenvalue weighted by Gasteiger charge is -2.37. The van der Waals surface area contributed by atoms with Crippen LogP contribution in [-0.2, 0) is 9.53 Å². The van der Waals surface area contributed by atoms with Crippen molar-refractivity contribution in [3.63, 3.8) is 0 Å². The van der Waals surface area contributed by atoms with E-state index in [1.807, 2.05) is 4.90 Å². The molecule has 0 aromatic heterocycles. The van der Waals surface area contributed by atoms with E-state index in [4.69, 9.17) is 4.74 Å². The van der Waals surface area contributed by atoms with Gasteiger partial charge >= 0.3 is 0 Å². The highest BCUT2D eigenvalue weighted by Crippen LogP contribution is 2.41. The SMILES string of the molecule is Cl.O=C(N1CC2CNCC2(CO)C1)C1(CO)CCOCC1. The minimum atomic E-state index is -0.666. The zero-order chi connectivity index (χ0) is 14.2. The van der Waals surface area contributed by atoms with E-state index < -0.39 is 5.41 Å². The van der Waals surface area contributed by atoms with Gasteiger partial charge in [0.1, 0.15) is 0 Å². The number of halogens is 1. The summed E-state index contributed by atoms with van der Waals surface area (Å²) in [5, 5.41) is 22.8. The molecule has 3 aliphatic rings. The van der Waals surface area contributed by atoms with Gasteiger partial charge in [0, 0.05) is 44.8 Å². The number of rotatable bonds is 3. The van der Waals surface area contributed by atoms with Crippen LogP contribution in [0.2, 0.25) is 0 Å². The Kier molecular flexibility index (Phi) is 5.15. The summed E-state index contributed by atoms with van der Waals surface area (Å²) in [5.41, 5.74) is -0.849. The van der Waals surface area contributed by atoms with Crippen LogP contribution in [0.4, 0.5) is 0 Å². The molecule has 1 amide bonds. The Morgan fingerprint density at radius 3 is 2.57 bits per heavy atom. The largest absolute Gasteiger partial charge is 0.396 e. The molecule has 21 heavy (non-hydrogen) atoms. The Morgan fingerprint density at radius 1 is 1.29 bits per heavy atom. The third-order valence-corrected chi connectivity index (χ3v) is 5.49. The number of nitrogens with zero attached hydrogens (tertiary/aromatic N) is 1. The number of carbonyl (C=O) groups is 1. The number of ether oxygens (including phenoxy) is 1. The van der Waals surface area contributed by atoms with Gasteiger partial charge in [0.15, 0.2) is 0 Å². The van der Waals surface area contributed by atoms with Crippen molar-refractivity contribution in [2.24, 2.45) is 16.7 Å². The van der Waals surface area contributed by atoms with Crippen LogP contribution in [0.3, 0.4) is 0 Å². The van der Waals surface area contributed by atoms with Gasteiger partial charge in [0.05, 0.1) is 18.6 Å². The van der Waals surface area contributed by atoms with Crippen molar-refractivity contribution < 1.29 is 19.7 Å². The van der Waals surface area contributed by atoms with Gasteiger partial charge in [-0.05, 0) is 18.8 Å². The number of carbonyl (C=O) groups excluding carboxylic acids is 1. The van der Waals surface area contributed by atoms with Crippen LogP contribution in [-0.4, -0.2) is 73.6 Å². The monoisotopic (exact) mass is 320 g/mol. The number of aliphatic hydroxyl groups is 2. The number of likely N-dealkylation sites (tertiary alicyclic amines) is 1. The Labute approximate surface area is 131 Å². The summed E-state index contributed by atoms with van der Waals surface area (Å²) in [4.78, 5) is 14.7. The maximum absolute atomic E-state index is 12.9. The van der Waals surface area contributed by atoms with Gasteiger partial charge in [-0.25, -0.2) is 0 Å². The van der Waals surface area contributed by atoms with Crippen molar-refractivity contribution in [2.75, 3.05) is 52.6 Å². The number of hydrogen-bond acceptors (Lipinski definition) is 5. The first-order chi connectivity index (χ1) is 9.66. The molecule has 0 spiro atoms. The van der Waals surface area contributed by atoms with Gasteiger partial charge in [-0.2, -0.15) is 0 Å². The molecule has 7 heteroatoms. The molecule has 3 aliphatic heterocycles. The molecular formula is C14H25ClN2O4. The number of amides is 1. The summed E-state index contributed by atoms with van der Waals surface area (Å²) in [5.74, 6) is 0.373. The Balaban J connectivity index is 0.00000161. The predicted octanol–water partition coefficient (Wildman–Crippen LogP) is -0.762.